The van der Waals surface area contributed by atoms with Crippen molar-refractivity contribution in [3.8, 4) is 0 Å². The van der Waals surface area contributed by atoms with Gasteiger partial charge in [0.15, 0.2) is 0 Å². The van der Waals surface area contributed by atoms with Crippen molar-refractivity contribution in [3.05, 3.63) is 32.4 Å². The van der Waals surface area contributed by atoms with Crippen LogP contribution >= 0.6 is 27.3 Å². The zero-order valence-electron chi connectivity index (χ0n) is 11.3. The first-order chi connectivity index (χ1) is 9.52. The predicted molar refractivity (Wildman–Crippen MR) is 81.9 cm³/mol. The number of hydrogen-bond donors (Lipinski definition) is 1. The van der Waals surface area contributed by atoms with E-state index in [0.717, 1.165) is 11.6 Å². The summed E-state index contributed by atoms with van der Waals surface area (Å²) in [5, 5.41) is 6.72. The summed E-state index contributed by atoms with van der Waals surface area (Å²) < 4.78 is 2.39. The van der Waals surface area contributed by atoms with Gasteiger partial charge in [-0.1, -0.05) is 0 Å². The van der Waals surface area contributed by atoms with Gasteiger partial charge in [0.2, 0.25) is 5.78 Å². The Morgan fingerprint density at radius 1 is 1.55 bits per heavy atom. The Kier molecular flexibility index (Phi) is 5.03. The molecule has 2 aromatic heterocycles. The number of hydrogen-bond acceptors (Lipinski definition) is 6. The fraction of sp³-hybridized carbons (Fsp3) is 0.417. The Labute approximate surface area is 129 Å². The van der Waals surface area contributed by atoms with E-state index in [1.54, 1.807) is 16.3 Å². The molecular weight excluding hydrogens is 342 g/mol. The maximum Gasteiger partial charge on any atom is 0.231 e. The number of rotatable bonds is 6. The summed E-state index contributed by atoms with van der Waals surface area (Å²) in [6.45, 7) is 1.80. The summed E-state index contributed by atoms with van der Waals surface area (Å²) in [6.07, 6.45) is 1.64. The van der Waals surface area contributed by atoms with Crippen molar-refractivity contribution >= 4 is 33.0 Å². The van der Waals surface area contributed by atoms with Crippen LogP contribution in [0.25, 0.3) is 0 Å². The van der Waals surface area contributed by atoms with E-state index in [1.807, 2.05) is 19.0 Å². The number of carbonyl (C=O) groups is 1. The standard InChI is InChI=1S/C12H16BrN5OS/c1-17(2)3-4-18-11(8(13)6-15-18)12(19)9-7-20-10(5-14)16-9/h6-7H,3-5,14H2,1-2H3. The van der Waals surface area contributed by atoms with Crippen molar-refractivity contribution in [1.82, 2.24) is 19.7 Å². The number of aromatic nitrogens is 3. The molecule has 6 nitrogen and oxygen atoms in total. The monoisotopic (exact) mass is 357 g/mol. The van der Waals surface area contributed by atoms with Crippen LogP contribution in [0.3, 0.4) is 0 Å². The smallest absolute Gasteiger partial charge is 0.231 e. The Hall–Kier alpha value is -1.09. The van der Waals surface area contributed by atoms with E-state index >= 15 is 0 Å². The largest absolute Gasteiger partial charge is 0.325 e. The molecule has 0 aliphatic carbocycles. The lowest BCUT2D eigenvalue weighted by Gasteiger charge is -2.11. The zero-order valence-corrected chi connectivity index (χ0v) is 13.7. The summed E-state index contributed by atoms with van der Waals surface area (Å²) in [6, 6.07) is 0. The maximum atomic E-state index is 12.5. The molecule has 0 aliphatic rings. The lowest BCUT2D eigenvalue weighted by atomic mass is 10.2. The van der Waals surface area contributed by atoms with Gasteiger partial charge in [0.1, 0.15) is 16.4 Å². The van der Waals surface area contributed by atoms with Gasteiger partial charge < -0.3 is 10.6 Å². The number of halogens is 1. The highest BCUT2D eigenvalue weighted by molar-refractivity contribution is 9.10. The first-order valence-corrected chi connectivity index (χ1v) is 7.75. The average molecular weight is 358 g/mol. The van der Waals surface area contributed by atoms with E-state index in [0.29, 0.717) is 29.0 Å². The van der Waals surface area contributed by atoms with E-state index in [-0.39, 0.29) is 5.78 Å². The molecular formula is C12H16BrN5OS. The molecule has 0 radical (unpaired) electrons. The molecule has 20 heavy (non-hydrogen) atoms. The molecule has 0 amide bonds. The second-order valence-corrected chi connectivity index (χ2v) is 6.32. The van der Waals surface area contributed by atoms with Crippen LogP contribution in [0.5, 0.6) is 0 Å². The number of thiazole rings is 1. The van der Waals surface area contributed by atoms with Crippen molar-refractivity contribution in [3.63, 3.8) is 0 Å². The molecule has 2 rings (SSSR count). The number of ketones is 1. The van der Waals surface area contributed by atoms with E-state index in [2.05, 4.69) is 26.0 Å². The van der Waals surface area contributed by atoms with Crippen LogP contribution in [0.4, 0.5) is 0 Å². The molecule has 0 aliphatic heterocycles. The highest BCUT2D eigenvalue weighted by Gasteiger charge is 2.21. The first-order valence-electron chi connectivity index (χ1n) is 6.08. The van der Waals surface area contributed by atoms with Crippen molar-refractivity contribution < 1.29 is 4.79 Å². The van der Waals surface area contributed by atoms with Gasteiger partial charge in [0.25, 0.3) is 0 Å². The van der Waals surface area contributed by atoms with Crippen LogP contribution in [0, 0.1) is 0 Å². The van der Waals surface area contributed by atoms with Crippen LogP contribution in [0.2, 0.25) is 0 Å². The van der Waals surface area contributed by atoms with Gasteiger partial charge in [-0.2, -0.15) is 5.10 Å². The zero-order chi connectivity index (χ0) is 14.7. The van der Waals surface area contributed by atoms with Gasteiger partial charge in [-0.3, -0.25) is 9.48 Å². The topological polar surface area (TPSA) is 77.0 Å². The minimum absolute atomic E-state index is 0.135. The quantitative estimate of drug-likeness (QED) is 0.789. The van der Waals surface area contributed by atoms with Crippen molar-refractivity contribution in [2.75, 3.05) is 20.6 Å². The highest BCUT2D eigenvalue weighted by atomic mass is 79.9. The first kappa shape index (κ1) is 15.3. The predicted octanol–water partition coefficient (Wildman–Crippen LogP) is 1.35. The summed E-state index contributed by atoms with van der Waals surface area (Å²) in [5.74, 6) is -0.135. The van der Waals surface area contributed by atoms with Crippen LogP contribution in [-0.2, 0) is 13.1 Å². The molecule has 2 N–H and O–H groups in total. The van der Waals surface area contributed by atoms with Crippen molar-refractivity contribution in [1.29, 1.82) is 0 Å². The van der Waals surface area contributed by atoms with Crippen LogP contribution in [0.15, 0.2) is 16.0 Å². The second-order valence-electron chi connectivity index (χ2n) is 4.53. The second kappa shape index (κ2) is 6.57. The molecule has 0 fully saturated rings. The van der Waals surface area contributed by atoms with Crippen molar-refractivity contribution in [2.24, 2.45) is 5.73 Å². The van der Waals surface area contributed by atoms with Gasteiger partial charge in [-0.15, -0.1) is 11.3 Å². The van der Waals surface area contributed by atoms with E-state index in [9.17, 15) is 4.79 Å². The molecule has 0 unspecified atom stereocenters. The minimum atomic E-state index is -0.135. The van der Waals surface area contributed by atoms with Gasteiger partial charge in [0, 0.05) is 18.5 Å². The fourth-order valence-corrected chi connectivity index (χ4v) is 2.81. The average Bonchev–Trinajstić information content (AvgIpc) is 3.02. The number of nitrogens with two attached hydrogens (primary N) is 1. The summed E-state index contributed by atoms with van der Waals surface area (Å²) >= 11 is 4.77. The Balaban J connectivity index is 2.26. The van der Waals surface area contributed by atoms with Gasteiger partial charge in [0.05, 0.1) is 17.2 Å². The SMILES string of the molecule is CN(C)CCn1ncc(Br)c1C(=O)c1csc(CN)n1. The highest BCUT2D eigenvalue weighted by Crippen LogP contribution is 2.21. The fourth-order valence-electron chi connectivity index (χ4n) is 1.68. The molecule has 108 valence electrons. The Morgan fingerprint density at radius 2 is 2.30 bits per heavy atom. The maximum absolute atomic E-state index is 12.5. The molecule has 0 saturated carbocycles. The van der Waals surface area contributed by atoms with Gasteiger partial charge in [-0.25, -0.2) is 4.98 Å². The molecule has 8 heteroatoms. The molecule has 0 spiro atoms. The molecule has 0 atom stereocenters. The number of nitrogens with zero attached hydrogens (tertiary/aromatic N) is 4. The van der Waals surface area contributed by atoms with Gasteiger partial charge >= 0.3 is 0 Å². The molecule has 2 aromatic rings. The third-order valence-electron chi connectivity index (χ3n) is 2.73. The summed E-state index contributed by atoms with van der Waals surface area (Å²) in [5.41, 5.74) is 6.47. The molecule has 0 bridgehead atoms. The minimum Gasteiger partial charge on any atom is -0.325 e. The van der Waals surface area contributed by atoms with Crippen LogP contribution in [-0.4, -0.2) is 46.1 Å². The molecule has 0 saturated heterocycles. The molecule has 2 heterocycles. The van der Waals surface area contributed by atoms with E-state index in [4.69, 9.17) is 5.73 Å². The lowest BCUT2D eigenvalue weighted by Crippen LogP contribution is -2.22. The van der Waals surface area contributed by atoms with Crippen molar-refractivity contribution in [2.45, 2.75) is 13.1 Å². The number of likely N-dealkylation sites (N-methyl/N-ethyl adjacent to an activating group) is 1. The van der Waals surface area contributed by atoms with Crippen LogP contribution in [0.1, 0.15) is 21.2 Å². The van der Waals surface area contributed by atoms with Crippen LogP contribution < -0.4 is 5.73 Å². The Morgan fingerprint density at radius 3 is 2.90 bits per heavy atom. The summed E-state index contributed by atoms with van der Waals surface area (Å²) in [7, 11) is 3.96. The number of carbonyl (C=O) groups excluding carboxylic acids is 1. The molecule has 0 aromatic carbocycles. The van der Waals surface area contributed by atoms with E-state index < -0.39 is 0 Å². The third kappa shape index (κ3) is 3.32. The van der Waals surface area contributed by atoms with E-state index in [1.165, 1.54) is 11.3 Å². The van der Waals surface area contributed by atoms with Gasteiger partial charge in [-0.05, 0) is 30.0 Å². The lowest BCUT2D eigenvalue weighted by molar-refractivity contribution is 0.102. The Bertz CT molecular complexity index is 607. The third-order valence-corrected chi connectivity index (χ3v) is 4.18. The normalized spacial score (nSPS) is 11.2. The summed E-state index contributed by atoms with van der Waals surface area (Å²) in [4.78, 5) is 18.8.